The van der Waals surface area contributed by atoms with E-state index in [0.717, 1.165) is 25.0 Å². The van der Waals surface area contributed by atoms with E-state index in [4.69, 9.17) is 0 Å². The second-order valence-corrected chi connectivity index (χ2v) is 5.53. The van der Waals surface area contributed by atoms with E-state index < -0.39 is 0 Å². The number of thioether (sulfide) groups is 1. The van der Waals surface area contributed by atoms with Crippen LogP contribution in [0.1, 0.15) is 35.7 Å². The third kappa shape index (κ3) is 3.13. The Kier molecular flexibility index (Phi) is 4.42. The highest BCUT2D eigenvalue weighted by Crippen LogP contribution is 2.19. The predicted octanol–water partition coefficient (Wildman–Crippen LogP) is 2.40. The molecular weight excluding hydrogens is 246 g/mol. The molecule has 4 heteroatoms. The predicted molar refractivity (Wildman–Crippen MR) is 73.8 cm³/mol. The van der Waals surface area contributed by atoms with Crippen LogP contribution in [0.15, 0.2) is 24.3 Å². The molecule has 3 nitrogen and oxygen atoms in total. The van der Waals surface area contributed by atoms with Crippen LogP contribution in [0.3, 0.4) is 0 Å². The summed E-state index contributed by atoms with van der Waals surface area (Å²) in [5.74, 6) is 0.651. The first-order chi connectivity index (χ1) is 8.70. The fraction of sp³-hybridized carbons (Fsp3) is 0.429. The molecule has 0 radical (unpaired) electrons. The maximum Gasteiger partial charge on any atom is 0.251 e. The molecule has 18 heavy (non-hydrogen) atoms. The van der Waals surface area contributed by atoms with Gasteiger partial charge in [0.25, 0.3) is 5.91 Å². The van der Waals surface area contributed by atoms with E-state index in [-0.39, 0.29) is 17.1 Å². The van der Waals surface area contributed by atoms with Gasteiger partial charge in [0.1, 0.15) is 0 Å². The lowest BCUT2D eigenvalue weighted by molar-refractivity contribution is -0.112. The fourth-order valence-corrected chi connectivity index (χ4v) is 2.91. The summed E-state index contributed by atoms with van der Waals surface area (Å²) in [5, 5.41) is 2.86. The molecule has 0 aromatic heterocycles. The molecule has 1 fully saturated rings. The van der Waals surface area contributed by atoms with Gasteiger partial charge in [0, 0.05) is 11.3 Å². The molecule has 1 amide bonds. The van der Waals surface area contributed by atoms with Crippen molar-refractivity contribution in [2.24, 2.45) is 0 Å². The standard InChI is InChI=1S/C14H17NO2S/c1-2-3-10-4-6-11(7-5-10)13(16)15-12-8-9-18-14(12)17/h4-7,12H,2-3,8-9H2,1H3,(H,15,16)/t12-/m1/s1. The number of benzene rings is 1. The Morgan fingerprint density at radius 3 is 2.67 bits per heavy atom. The Labute approximate surface area is 111 Å². The summed E-state index contributed by atoms with van der Waals surface area (Å²) in [4.78, 5) is 23.4. The summed E-state index contributed by atoms with van der Waals surface area (Å²) in [6, 6.07) is 7.30. The van der Waals surface area contributed by atoms with Gasteiger partial charge in [-0.3, -0.25) is 9.59 Å². The minimum Gasteiger partial charge on any atom is -0.341 e. The van der Waals surface area contributed by atoms with Gasteiger partial charge in [0.05, 0.1) is 6.04 Å². The van der Waals surface area contributed by atoms with Crippen molar-refractivity contribution < 1.29 is 9.59 Å². The number of carbonyl (C=O) groups is 2. The zero-order chi connectivity index (χ0) is 13.0. The van der Waals surface area contributed by atoms with Crippen molar-refractivity contribution in [1.82, 2.24) is 5.32 Å². The van der Waals surface area contributed by atoms with E-state index in [2.05, 4.69) is 12.2 Å². The van der Waals surface area contributed by atoms with Crippen LogP contribution in [0.2, 0.25) is 0 Å². The molecule has 1 aromatic carbocycles. The number of nitrogens with one attached hydrogen (secondary N) is 1. The number of amides is 1. The highest BCUT2D eigenvalue weighted by atomic mass is 32.2. The molecule has 96 valence electrons. The van der Waals surface area contributed by atoms with Crippen molar-refractivity contribution in [2.75, 3.05) is 5.75 Å². The molecule has 1 aliphatic rings. The molecule has 0 aliphatic carbocycles. The van der Waals surface area contributed by atoms with Gasteiger partial charge >= 0.3 is 0 Å². The van der Waals surface area contributed by atoms with Crippen molar-refractivity contribution in [3.63, 3.8) is 0 Å². The molecule has 0 bridgehead atoms. The van der Waals surface area contributed by atoms with Gasteiger partial charge in [-0.1, -0.05) is 37.2 Å². The molecule has 2 rings (SSSR count). The number of rotatable bonds is 4. The smallest absolute Gasteiger partial charge is 0.251 e. The number of carbonyl (C=O) groups excluding carboxylic acids is 2. The molecule has 1 atom stereocenters. The first-order valence-electron chi connectivity index (χ1n) is 6.27. The van der Waals surface area contributed by atoms with Crippen molar-refractivity contribution in [2.45, 2.75) is 32.2 Å². The van der Waals surface area contributed by atoms with Crippen molar-refractivity contribution in [3.05, 3.63) is 35.4 Å². The minimum absolute atomic E-state index is 0.0750. The van der Waals surface area contributed by atoms with Gasteiger partial charge in [-0.05, 0) is 30.5 Å². The third-order valence-electron chi connectivity index (χ3n) is 3.00. The summed E-state index contributed by atoms with van der Waals surface area (Å²) in [6.45, 7) is 2.13. The zero-order valence-electron chi connectivity index (χ0n) is 10.4. The van der Waals surface area contributed by atoms with Gasteiger partial charge < -0.3 is 5.32 Å². The summed E-state index contributed by atoms with van der Waals surface area (Å²) in [6.07, 6.45) is 2.86. The molecule has 1 N–H and O–H groups in total. The number of aryl methyl sites for hydroxylation is 1. The molecule has 1 heterocycles. The van der Waals surface area contributed by atoms with Crippen LogP contribution in [0.25, 0.3) is 0 Å². The monoisotopic (exact) mass is 263 g/mol. The largest absolute Gasteiger partial charge is 0.341 e. The molecule has 0 spiro atoms. The van der Waals surface area contributed by atoms with Crippen LogP contribution in [-0.2, 0) is 11.2 Å². The lowest BCUT2D eigenvalue weighted by atomic mass is 10.1. The third-order valence-corrected chi connectivity index (χ3v) is 4.00. The van der Waals surface area contributed by atoms with Crippen LogP contribution in [0.4, 0.5) is 0 Å². The van der Waals surface area contributed by atoms with E-state index in [9.17, 15) is 9.59 Å². The summed E-state index contributed by atoms with van der Waals surface area (Å²) < 4.78 is 0. The highest BCUT2D eigenvalue weighted by molar-refractivity contribution is 8.14. The lowest BCUT2D eigenvalue weighted by Gasteiger charge is -2.10. The summed E-state index contributed by atoms with van der Waals surface area (Å²) in [5.41, 5.74) is 1.86. The normalized spacial score (nSPS) is 18.9. The molecule has 1 saturated heterocycles. The van der Waals surface area contributed by atoms with Crippen molar-refractivity contribution in [3.8, 4) is 0 Å². The minimum atomic E-state index is -0.308. The molecular formula is C14H17NO2S. The van der Waals surface area contributed by atoms with E-state index in [0.29, 0.717) is 5.56 Å². The van der Waals surface area contributed by atoms with Crippen LogP contribution >= 0.6 is 11.8 Å². The van der Waals surface area contributed by atoms with E-state index >= 15 is 0 Å². The van der Waals surface area contributed by atoms with Crippen molar-refractivity contribution >= 4 is 22.8 Å². The Balaban J connectivity index is 1.98. The van der Waals surface area contributed by atoms with Gasteiger partial charge in [0.2, 0.25) is 5.12 Å². The zero-order valence-corrected chi connectivity index (χ0v) is 11.3. The SMILES string of the molecule is CCCc1ccc(C(=O)N[C@@H]2CCSC2=O)cc1. The Bertz CT molecular complexity index is 442. The van der Waals surface area contributed by atoms with Gasteiger partial charge in [0.15, 0.2) is 0 Å². The van der Waals surface area contributed by atoms with Gasteiger partial charge in [-0.15, -0.1) is 0 Å². The molecule has 0 saturated carbocycles. The average Bonchev–Trinajstić information content (AvgIpc) is 2.76. The van der Waals surface area contributed by atoms with E-state index in [1.165, 1.54) is 17.3 Å². The van der Waals surface area contributed by atoms with Crippen LogP contribution in [0, 0.1) is 0 Å². The van der Waals surface area contributed by atoms with Gasteiger partial charge in [-0.2, -0.15) is 0 Å². The van der Waals surface area contributed by atoms with Gasteiger partial charge in [-0.25, -0.2) is 0 Å². The molecule has 1 aromatic rings. The van der Waals surface area contributed by atoms with Crippen LogP contribution in [-0.4, -0.2) is 22.8 Å². The fourth-order valence-electron chi connectivity index (χ4n) is 1.98. The first kappa shape index (κ1) is 13.1. The van der Waals surface area contributed by atoms with Crippen molar-refractivity contribution in [1.29, 1.82) is 0 Å². The maximum atomic E-state index is 11.9. The second-order valence-electron chi connectivity index (χ2n) is 4.43. The highest BCUT2D eigenvalue weighted by Gasteiger charge is 2.26. The Hall–Kier alpha value is -1.29. The number of hydrogen-bond donors (Lipinski definition) is 1. The Morgan fingerprint density at radius 2 is 2.11 bits per heavy atom. The molecule has 1 aliphatic heterocycles. The summed E-state index contributed by atoms with van der Waals surface area (Å²) in [7, 11) is 0. The van der Waals surface area contributed by atoms with Crippen LogP contribution < -0.4 is 5.32 Å². The van der Waals surface area contributed by atoms with Crippen LogP contribution in [0.5, 0.6) is 0 Å². The average molecular weight is 263 g/mol. The van der Waals surface area contributed by atoms with E-state index in [1.54, 1.807) is 0 Å². The summed E-state index contributed by atoms with van der Waals surface area (Å²) >= 11 is 1.30. The van der Waals surface area contributed by atoms with E-state index in [1.807, 2.05) is 24.3 Å². The lowest BCUT2D eigenvalue weighted by Crippen LogP contribution is -2.37. The quantitative estimate of drug-likeness (QED) is 0.907. The Morgan fingerprint density at radius 1 is 1.39 bits per heavy atom. The maximum absolute atomic E-state index is 11.9. The topological polar surface area (TPSA) is 46.2 Å². The first-order valence-corrected chi connectivity index (χ1v) is 7.25. The number of hydrogen-bond acceptors (Lipinski definition) is 3. The molecule has 0 unspecified atom stereocenters. The second kappa shape index (κ2) is 6.05.